The van der Waals surface area contributed by atoms with E-state index in [2.05, 4.69) is 4.98 Å². The molecule has 0 spiro atoms. The van der Waals surface area contributed by atoms with Crippen molar-refractivity contribution in [2.75, 3.05) is 25.7 Å². The van der Waals surface area contributed by atoms with Gasteiger partial charge in [-0.2, -0.15) is 0 Å². The van der Waals surface area contributed by atoms with Gasteiger partial charge >= 0.3 is 0 Å². The highest BCUT2D eigenvalue weighted by molar-refractivity contribution is 7.14. The number of ether oxygens (including phenoxy) is 2. The fraction of sp³-hybridized carbons (Fsp3) is 0.200. The zero-order valence-corrected chi connectivity index (χ0v) is 15.7. The fourth-order valence-corrected chi connectivity index (χ4v) is 3.52. The number of amides is 1. The number of hydrogen-bond acceptors (Lipinski definition) is 5. The van der Waals surface area contributed by atoms with Crippen LogP contribution < -0.4 is 14.4 Å². The molecule has 3 aromatic rings. The van der Waals surface area contributed by atoms with Crippen LogP contribution in [0.15, 0.2) is 53.9 Å². The van der Waals surface area contributed by atoms with Gasteiger partial charge < -0.3 is 9.47 Å². The molecule has 5 nitrogen and oxygen atoms in total. The van der Waals surface area contributed by atoms with Crippen molar-refractivity contribution >= 4 is 22.4 Å². The van der Waals surface area contributed by atoms with Crippen molar-refractivity contribution in [3.05, 3.63) is 59.5 Å². The Bertz CT molecular complexity index is 893. The van der Waals surface area contributed by atoms with Gasteiger partial charge in [-0.1, -0.05) is 18.2 Å². The molecule has 0 radical (unpaired) electrons. The summed E-state index contributed by atoms with van der Waals surface area (Å²) < 4.78 is 10.7. The zero-order valence-electron chi connectivity index (χ0n) is 14.9. The van der Waals surface area contributed by atoms with Crippen LogP contribution in [-0.4, -0.2) is 31.7 Å². The Morgan fingerprint density at radius 2 is 1.88 bits per heavy atom. The molecule has 0 aliphatic rings. The second-order valence-electron chi connectivity index (χ2n) is 5.50. The second-order valence-corrected chi connectivity index (χ2v) is 6.33. The molecule has 3 rings (SSSR count). The third-order valence-corrected chi connectivity index (χ3v) is 4.85. The van der Waals surface area contributed by atoms with Gasteiger partial charge in [0.1, 0.15) is 11.5 Å². The van der Waals surface area contributed by atoms with Gasteiger partial charge in [0.25, 0.3) is 5.91 Å². The van der Waals surface area contributed by atoms with Crippen LogP contribution in [0.2, 0.25) is 0 Å². The number of nitrogens with zero attached hydrogens (tertiary/aromatic N) is 2. The quantitative estimate of drug-likeness (QED) is 0.643. The maximum Gasteiger partial charge on any atom is 0.260 e. The molecule has 134 valence electrons. The van der Waals surface area contributed by atoms with E-state index in [1.165, 1.54) is 11.3 Å². The van der Waals surface area contributed by atoms with Gasteiger partial charge in [0.15, 0.2) is 5.13 Å². The summed E-state index contributed by atoms with van der Waals surface area (Å²) in [6, 6.07) is 14.8. The van der Waals surface area contributed by atoms with E-state index in [1.54, 1.807) is 19.1 Å². The van der Waals surface area contributed by atoms with Gasteiger partial charge in [0.2, 0.25) is 0 Å². The number of carbonyl (C=O) groups is 1. The van der Waals surface area contributed by atoms with Crippen molar-refractivity contribution in [2.45, 2.75) is 6.92 Å². The molecule has 0 aliphatic carbocycles. The SMILES string of the molecule is CCN(C(=O)c1ccccc1)c1nc(-c2cc(OC)ccc2OC)cs1. The molecule has 0 aliphatic heterocycles. The number of benzene rings is 2. The summed E-state index contributed by atoms with van der Waals surface area (Å²) in [6.45, 7) is 2.48. The van der Waals surface area contributed by atoms with Crippen molar-refractivity contribution in [2.24, 2.45) is 0 Å². The molecule has 0 fully saturated rings. The second kappa shape index (κ2) is 8.01. The highest BCUT2D eigenvalue weighted by atomic mass is 32.1. The molecule has 26 heavy (non-hydrogen) atoms. The van der Waals surface area contributed by atoms with Gasteiger partial charge in [-0.3, -0.25) is 9.69 Å². The molecule has 0 atom stereocenters. The standard InChI is InChI=1S/C20H20N2O3S/c1-4-22(19(23)14-8-6-5-7-9-14)20-21-17(13-26-20)16-12-15(24-2)10-11-18(16)25-3/h5-13H,4H2,1-3H3. The largest absolute Gasteiger partial charge is 0.497 e. The van der Waals surface area contributed by atoms with E-state index in [0.29, 0.717) is 23.0 Å². The summed E-state index contributed by atoms with van der Waals surface area (Å²) in [5.74, 6) is 1.37. The number of aromatic nitrogens is 1. The Morgan fingerprint density at radius 1 is 1.12 bits per heavy atom. The average Bonchev–Trinajstić information content (AvgIpc) is 3.18. The van der Waals surface area contributed by atoms with E-state index in [4.69, 9.17) is 9.47 Å². The fourth-order valence-electron chi connectivity index (χ4n) is 2.63. The number of methoxy groups -OCH3 is 2. The van der Waals surface area contributed by atoms with Gasteiger partial charge in [-0.15, -0.1) is 11.3 Å². The van der Waals surface area contributed by atoms with E-state index < -0.39 is 0 Å². The number of hydrogen-bond donors (Lipinski definition) is 0. The molecule has 0 saturated heterocycles. The maximum atomic E-state index is 12.8. The van der Waals surface area contributed by atoms with Crippen molar-refractivity contribution in [1.82, 2.24) is 4.98 Å². The van der Waals surface area contributed by atoms with Gasteiger partial charge in [-0.05, 0) is 37.3 Å². The lowest BCUT2D eigenvalue weighted by Crippen LogP contribution is -2.30. The molecule has 1 aromatic heterocycles. The Morgan fingerprint density at radius 3 is 2.54 bits per heavy atom. The molecule has 0 N–H and O–H groups in total. The molecule has 0 saturated carbocycles. The Kier molecular flexibility index (Phi) is 5.53. The minimum Gasteiger partial charge on any atom is -0.497 e. The van der Waals surface area contributed by atoms with Gasteiger partial charge in [-0.25, -0.2) is 4.98 Å². The summed E-state index contributed by atoms with van der Waals surface area (Å²) in [6.07, 6.45) is 0. The maximum absolute atomic E-state index is 12.8. The van der Waals surface area contributed by atoms with Crippen LogP contribution in [0.3, 0.4) is 0 Å². The van der Waals surface area contributed by atoms with E-state index in [0.717, 1.165) is 17.0 Å². The van der Waals surface area contributed by atoms with E-state index in [9.17, 15) is 4.79 Å². The van der Waals surface area contributed by atoms with Crippen molar-refractivity contribution in [3.63, 3.8) is 0 Å². The molecular formula is C20H20N2O3S. The topological polar surface area (TPSA) is 51.7 Å². The molecule has 6 heteroatoms. The summed E-state index contributed by atoms with van der Waals surface area (Å²) in [4.78, 5) is 19.1. The first-order valence-electron chi connectivity index (χ1n) is 8.22. The number of rotatable bonds is 6. The molecule has 0 unspecified atom stereocenters. The van der Waals surface area contributed by atoms with Crippen LogP contribution in [0.1, 0.15) is 17.3 Å². The zero-order chi connectivity index (χ0) is 18.5. The Balaban J connectivity index is 1.95. The normalized spacial score (nSPS) is 10.4. The third kappa shape index (κ3) is 3.55. The predicted octanol–water partition coefficient (Wildman–Crippen LogP) is 4.49. The molecule has 2 aromatic carbocycles. The van der Waals surface area contributed by atoms with Crippen LogP contribution in [0, 0.1) is 0 Å². The van der Waals surface area contributed by atoms with Crippen LogP contribution in [-0.2, 0) is 0 Å². The molecule has 1 amide bonds. The van der Waals surface area contributed by atoms with Crippen molar-refractivity contribution in [3.8, 4) is 22.8 Å². The van der Waals surface area contributed by atoms with Crippen LogP contribution in [0.4, 0.5) is 5.13 Å². The average molecular weight is 368 g/mol. The first kappa shape index (κ1) is 17.9. The van der Waals surface area contributed by atoms with Crippen LogP contribution in [0.25, 0.3) is 11.3 Å². The molecule has 0 bridgehead atoms. The smallest absolute Gasteiger partial charge is 0.260 e. The number of anilines is 1. The predicted molar refractivity (Wildman–Crippen MR) is 104 cm³/mol. The summed E-state index contributed by atoms with van der Waals surface area (Å²) in [7, 11) is 3.24. The van der Waals surface area contributed by atoms with Crippen molar-refractivity contribution < 1.29 is 14.3 Å². The highest BCUT2D eigenvalue weighted by Gasteiger charge is 2.20. The number of carbonyl (C=O) groups excluding carboxylic acids is 1. The van der Waals surface area contributed by atoms with E-state index >= 15 is 0 Å². The first-order valence-corrected chi connectivity index (χ1v) is 9.10. The lowest BCUT2D eigenvalue weighted by atomic mass is 10.1. The summed E-state index contributed by atoms with van der Waals surface area (Å²) in [5, 5.41) is 2.58. The number of thiazole rings is 1. The van der Waals surface area contributed by atoms with Crippen molar-refractivity contribution in [1.29, 1.82) is 0 Å². The lowest BCUT2D eigenvalue weighted by Gasteiger charge is -2.17. The minimum absolute atomic E-state index is 0.0633. The summed E-state index contributed by atoms with van der Waals surface area (Å²) >= 11 is 1.43. The third-order valence-electron chi connectivity index (χ3n) is 3.99. The van der Waals surface area contributed by atoms with Gasteiger partial charge in [0, 0.05) is 23.1 Å². The van der Waals surface area contributed by atoms with E-state index in [-0.39, 0.29) is 5.91 Å². The minimum atomic E-state index is -0.0633. The van der Waals surface area contributed by atoms with Crippen LogP contribution >= 0.6 is 11.3 Å². The Labute approximate surface area is 156 Å². The Hall–Kier alpha value is -2.86. The summed E-state index contributed by atoms with van der Waals surface area (Å²) in [5.41, 5.74) is 2.22. The first-order chi connectivity index (χ1) is 12.7. The van der Waals surface area contributed by atoms with E-state index in [1.807, 2.05) is 60.8 Å². The van der Waals surface area contributed by atoms with Gasteiger partial charge in [0.05, 0.1) is 19.9 Å². The van der Waals surface area contributed by atoms with Crippen LogP contribution in [0.5, 0.6) is 11.5 Å². The molecule has 1 heterocycles. The highest BCUT2D eigenvalue weighted by Crippen LogP contribution is 2.36. The lowest BCUT2D eigenvalue weighted by molar-refractivity contribution is 0.0988. The monoisotopic (exact) mass is 368 g/mol. The molecular weight excluding hydrogens is 348 g/mol.